The Morgan fingerprint density at radius 1 is 1.30 bits per heavy atom. The minimum atomic E-state index is -4.57. The Morgan fingerprint density at radius 3 is 2.40 bits per heavy atom. The number of ether oxygens (including phenoxy) is 1. The number of anilines is 1. The summed E-state index contributed by atoms with van der Waals surface area (Å²) in [7, 11) is 0. The third kappa shape index (κ3) is 3.04. The lowest BCUT2D eigenvalue weighted by Gasteiger charge is -2.29. The lowest BCUT2D eigenvalue weighted by atomic mass is 10.1. The third-order valence-electron chi connectivity index (χ3n) is 2.92. The zero-order chi connectivity index (χ0) is 14.9. The van der Waals surface area contributed by atoms with E-state index in [1.807, 2.05) is 0 Å². The fourth-order valence-corrected chi connectivity index (χ4v) is 2.53. The minimum absolute atomic E-state index is 0.0335. The Kier molecular flexibility index (Phi) is 4.19. The topological polar surface area (TPSA) is 55.6 Å². The molecule has 9 heteroatoms. The summed E-state index contributed by atoms with van der Waals surface area (Å²) < 4.78 is 43.4. The van der Waals surface area contributed by atoms with E-state index < -0.39 is 16.7 Å². The number of nitro benzene ring substituents is 1. The maximum Gasteiger partial charge on any atom is 0.417 e. The van der Waals surface area contributed by atoms with E-state index in [1.165, 1.54) is 4.90 Å². The van der Waals surface area contributed by atoms with Gasteiger partial charge in [0.15, 0.2) is 0 Å². The van der Waals surface area contributed by atoms with Crippen molar-refractivity contribution in [1.29, 1.82) is 0 Å². The lowest BCUT2D eigenvalue weighted by molar-refractivity contribution is -0.384. The number of rotatable bonds is 2. The van der Waals surface area contributed by atoms with Crippen LogP contribution in [0.5, 0.6) is 0 Å². The number of halogens is 4. The molecular formula is C11H10BrF3N2O3. The summed E-state index contributed by atoms with van der Waals surface area (Å²) in [6.45, 7) is 1.29. The van der Waals surface area contributed by atoms with Crippen LogP contribution in [0.3, 0.4) is 0 Å². The van der Waals surface area contributed by atoms with Crippen LogP contribution < -0.4 is 4.90 Å². The van der Waals surface area contributed by atoms with Crippen LogP contribution in [0.1, 0.15) is 5.56 Å². The zero-order valence-corrected chi connectivity index (χ0v) is 11.7. The van der Waals surface area contributed by atoms with Gasteiger partial charge in [-0.2, -0.15) is 13.2 Å². The lowest BCUT2D eigenvalue weighted by Crippen LogP contribution is -2.36. The molecule has 1 fully saturated rings. The SMILES string of the molecule is O=[N+]([O-])c1cc(Br)c(C(F)(F)F)cc1N1CCOCC1. The minimum Gasteiger partial charge on any atom is -0.378 e. The molecule has 110 valence electrons. The van der Waals surface area contributed by atoms with Gasteiger partial charge >= 0.3 is 6.18 Å². The predicted octanol–water partition coefficient (Wildman–Crippen LogP) is 3.21. The Labute approximate surface area is 120 Å². The van der Waals surface area contributed by atoms with Crippen molar-refractivity contribution in [2.24, 2.45) is 0 Å². The molecule has 2 rings (SSSR count). The van der Waals surface area contributed by atoms with E-state index in [2.05, 4.69) is 15.9 Å². The number of nitrogens with zero attached hydrogens (tertiary/aromatic N) is 2. The molecule has 1 saturated heterocycles. The zero-order valence-electron chi connectivity index (χ0n) is 10.1. The first-order valence-corrected chi connectivity index (χ1v) is 6.48. The molecule has 0 radical (unpaired) electrons. The molecule has 1 aromatic rings. The van der Waals surface area contributed by atoms with Gasteiger partial charge in [0, 0.05) is 23.6 Å². The standard InChI is InChI=1S/C11H10BrF3N2O3/c12-8-6-10(17(18)19)9(5-7(8)11(13,14)15)16-1-3-20-4-2-16/h5-6H,1-4H2. The van der Waals surface area contributed by atoms with E-state index in [0.717, 1.165) is 12.1 Å². The Morgan fingerprint density at radius 2 is 1.90 bits per heavy atom. The average molecular weight is 355 g/mol. The van der Waals surface area contributed by atoms with Crippen molar-refractivity contribution in [3.8, 4) is 0 Å². The van der Waals surface area contributed by atoms with Crippen LogP contribution in [0.2, 0.25) is 0 Å². The smallest absolute Gasteiger partial charge is 0.378 e. The van der Waals surface area contributed by atoms with Crippen LogP contribution >= 0.6 is 15.9 Å². The second kappa shape index (κ2) is 5.57. The molecule has 0 aromatic heterocycles. The highest BCUT2D eigenvalue weighted by Gasteiger charge is 2.36. The summed E-state index contributed by atoms with van der Waals surface area (Å²) in [5.41, 5.74) is -1.31. The monoisotopic (exact) mass is 354 g/mol. The summed E-state index contributed by atoms with van der Waals surface area (Å²) >= 11 is 2.74. The largest absolute Gasteiger partial charge is 0.417 e. The van der Waals surface area contributed by atoms with Crippen molar-refractivity contribution in [3.63, 3.8) is 0 Å². The molecule has 0 aliphatic carbocycles. The van der Waals surface area contributed by atoms with Crippen LogP contribution in [-0.2, 0) is 10.9 Å². The summed E-state index contributed by atoms with van der Waals surface area (Å²) in [4.78, 5) is 11.9. The number of hydrogen-bond acceptors (Lipinski definition) is 4. The summed E-state index contributed by atoms with van der Waals surface area (Å²) in [5.74, 6) is 0. The van der Waals surface area contributed by atoms with Gasteiger partial charge in [0.05, 0.1) is 23.7 Å². The fraction of sp³-hybridized carbons (Fsp3) is 0.455. The normalized spacial score (nSPS) is 16.3. The van der Waals surface area contributed by atoms with Crippen molar-refractivity contribution in [3.05, 3.63) is 32.3 Å². The van der Waals surface area contributed by atoms with E-state index in [4.69, 9.17) is 4.74 Å². The number of alkyl halides is 3. The van der Waals surface area contributed by atoms with Crippen LogP contribution in [0.4, 0.5) is 24.5 Å². The van der Waals surface area contributed by atoms with Gasteiger partial charge in [0.25, 0.3) is 5.69 Å². The van der Waals surface area contributed by atoms with Gasteiger partial charge in [-0.1, -0.05) is 0 Å². The molecule has 0 atom stereocenters. The number of morpholine rings is 1. The fourth-order valence-electron chi connectivity index (χ4n) is 1.97. The molecule has 0 saturated carbocycles. The first kappa shape index (κ1) is 15.0. The predicted molar refractivity (Wildman–Crippen MR) is 68.8 cm³/mol. The summed E-state index contributed by atoms with van der Waals surface area (Å²) in [5, 5.41) is 11.0. The second-order valence-corrected chi connectivity index (χ2v) is 5.03. The van der Waals surface area contributed by atoms with E-state index in [0.29, 0.717) is 26.3 Å². The van der Waals surface area contributed by atoms with Crippen molar-refractivity contribution in [2.75, 3.05) is 31.2 Å². The van der Waals surface area contributed by atoms with Crippen LogP contribution in [0, 0.1) is 10.1 Å². The van der Waals surface area contributed by atoms with Gasteiger partial charge in [0.1, 0.15) is 5.69 Å². The van der Waals surface area contributed by atoms with E-state index in [9.17, 15) is 23.3 Å². The van der Waals surface area contributed by atoms with Gasteiger partial charge in [-0.15, -0.1) is 0 Å². The van der Waals surface area contributed by atoms with Gasteiger partial charge < -0.3 is 9.64 Å². The first-order valence-electron chi connectivity index (χ1n) is 5.68. The highest BCUT2D eigenvalue weighted by molar-refractivity contribution is 9.10. The van der Waals surface area contributed by atoms with Crippen LogP contribution in [0.15, 0.2) is 16.6 Å². The molecule has 0 spiro atoms. The van der Waals surface area contributed by atoms with Crippen molar-refractivity contribution in [1.82, 2.24) is 0 Å². The molecule has 5 nitrogen and oxygen atoms in total. The molecule has 0 amide bonds. The Bertz CT molecular complexity index is 530. The van der Waals surface area contributed by atoms with E-state index >= 15 is 0 Å². The van der Waals surface area contributed by atoms with Gasteiger partial charge in [-0.25, -0.2) is 0 Å². The number of hydrogen-bond donors (Lipinski definition) is 0. The Hall–Kier alpha value is -1.35. The van der Waals surface area contributed by atoms with E-state index in [-0.39, 0.29) is 15.8 Å². The van der Waals surface area contributed by atoms with Crippen LogP contribution in [-0.4, -0.2) is 31.2 Å². The molecule has 1 aliphatic heterocycles. The molecule has 0 bridgehead atoms. The van der Waals surface area contributed by atoms with E-state index in [1.54, 1.807) is 0 Å². The average Bonchev–Trinajstić information content (AvgIpc) is 2.37. The maximum atomic E-state index is 12.9. The van der Waals surface area contributed by atoms with Crippen molar-refractivity contribution in [2.45, 2.75) is 6.18 Å². The first-order chi connectivity index (χ1) is 9.30. The third-order valence-corrected chi connectivity index (χ3v) is 3.57. The second-order valence-electron chi connectivity index (χ2n) is 4.18. The van der Waals surface area contributed by atoms with Gasteiger partial charge in [0.2, 0.25) is 0 Å². The summed E-state index contributed by atoms with van der Waals surface area (Å²) in [6, 6.07) is 1.71. The maximum absolute atomic E-state index is 12.9. The summed E-state index contributed by atoms with van der Waals surface area (Å²) in [6.07, 6.45) is -4.57. The molecule has 0 N–H and O–H groups in total. The molecular weight excluding hydrogens is 345 g/mol. The Balaban J connectivity index is 2.53. The molecule has 1 aromatic carbocycles. The molecule has 20 heavy (non-hydrogen) atoms. The quantitative estimate of drug-likeness (QED) is 0.604. The van der Waals surface area contributed by atoms with Crippen molar-refractivity contribution >= 4 is 27.3 Å². The molecule has 1 aliphatic rings. The van der Waals surface area contributed by atoms with Crippen molar-refractivity contribution < 1.29 is 22.8 Å². The van der Waals surface area contributed by atoms with Gasteiger partial charge in [-0.3, -0.25) is 10.1 Å². The molecule has 0 unspecified atom stereocenters. The van der Waals surface area contributed by atoms with Gasteiger partial charge in [-0.05, 0) is 22.0 Å². The highest BCUT2D eigenvalue weighted by Crippen LogP contribution is 2.41. The number of nitro groups is 1. The van der Waals surface area contributed by atoms with Crippen LogP contribution in [0.25, 0.3) is 0 Å². The highest BCUT2D eigenvalue weighted by atomic mass is 79.9. The number of benzene rings is 1. The molecule has 1 heterocycles.